The first-order valence-electron chi connectivity index (χ1n) is 10.6. The highest BCUT2D eigenvalue weighted by atomic mass is 19.4. The number of hydrogen-bond acceptors (Lipinski definition) is 7. The number of nitrogens with zero attached hydrogens (tertiary/aromatic N) is 2. The van der Waals surface area contributed by atoms with E-state index < -0.39 is 39.9 Å². The number of ether oxygens (including phenoxy) is 3. The van der Waals surface area contributed by atoms with Crippen LogP contribution in [0.4, 0.5) is 23.2 Å². The van der Waals surface area contributed by atoms with Crippen LogP contribution in [0.1, 0.15) is 23.6 Å². The van der Waals surface area contributed by atoms with Gasteiger partial charge in [-0.05, 0) is 61.0 Å². The van der Waals surface area contributed by atoms with Crippen molar-refractivity contribution in [2.45, 2.75) is 13.1 Å². The highest BCUT2D eigenvalue weighted by Gasteiger charge is 2.33. The van der Waals surface area contributed by atoms with E-state index in [1.807, 2.05) is 0 Å². The summed E-state index contributed by atoms with van der Waals surface area (Å²) in [5.74, 6) is -1.70. The van der Waals surface area contributed by atoms with Gasteiger partial charge in [0.2, 0.25) is 11.6 Å². The van der Waals surface area contributed by atoms with Crippen LogP contribution in [-0.2, 0) is 15.7 Å². The first-order valence-corrected chi connectivity index (χ1v) is 10.6. The van der Waals surface area contributed by atoms with Crippen molar-refractivity contribution in [3.8, 4) is 17.2 Å². The number of nitro benzene ring substituents is 1. The average molecular weight is 516 g/mol. The number of cyclic esters (lactones) is 1. The molecule has 0 spiro atoms. The van der Waals surface area contributed by atoms with Crippen LogP contribution in [-0.4, -0.2) is 23.4 Å². The van der Waals surface area contributed by atoms with Crippen molar-refractivity contribution in [1.29, 1.82) is 0 Å². The van der Waals surface area contributed by atoms with Crippen molar-refractivity contribution >= 4 is 23.6 Å². The topological polar surface area (TPSA) is 100 Å². The molecule has 1 heterocycles. The van der Waals surface area contributed by atoms with Crippen LogP contribution in [0, 0.1) is 15.9 Å². The third kappa shape index (κ3) is 5.74. The fourth-order valence-electron chi connectivity index (χ4n) is 3.32. The summed E-state index contributed by atoms with van der Waals surface area (Å²) >= 11 is 0. The second kappa shape index (κ2) is 10.1. The Morgan fingerprint density at radius 3 is 2.49 bits per heavy atom. The Bertz CT molecular complexity index is 1450. The van der Waals surface area contributed by atoms with Gasteiger partial charge < -0.3 is 14.2 Å². The molecule has 0 saturated heterocycles. The molecule has 0 radical (unpaired) electrons. The Hall–Kier alpha value is -4.74. The van der Waals surface area contributed by atoms with Crippen LogP contribution in [0.5, 0.6) is 17.2 Å². The summed E-state index contributed by atoms with van der Waals surface area (Å²) in [4.78, 5) is 26.8. The number of aliphatic imine (C=N–C) groups is 1. The summed E-state index contributed by atoms with van der Waals surface area (Å²) < 4.78 is 68.6. The molecule has 0 aromatic heterocycles. The maximum Gasteiger partial charge on any atom is 0.416 e. The van der Waals surface area contributed by atoms with Crippen LogP contribution in [0.2, 0.25) is 0 Å². The van der Waals surface area contributed by atoms with E-state index in [-0.39, 0.29) is 35.3 Å². The van der Waals surface area contributed by atoms with Crippen molar-refractivity contribution in [2.75, 3.05) is 6.61 Å². The smallest absolute Gasteiger partial charge is 0.416 e. The molecule has 0 fully saturated rings. The van der Waals surface area contributed by atoms with Gasteiger partial charge in [-0.3, -0.25) is 10.1 Å². The van der Waals surface area contributed by atoms with E-state index in [1.54, 1.807) is 6.92 Å². The minimum absolute atomic E-state index is 0.00944. The normalized spacial score (nSPS) is 14.4. The van der Waals surface area contributed by atoms with E-state index >= 15 is 0 Å². The predicted molar refractivity (Wildman–Crippen MR) is 123 cm³/mol. The zero-order chi connectivity index (χ0) is 26.7. The van der Waals surface area contributed by atoms with E-state index in [9.17, 15) is 32.5 Å². The molecule has 0 unspecified atom stereocenters. The molecule has 190 valence electrons. The van der Waals surface area contributed by atoms with Gasteiger partial charge in [0, 0.05) is 11.6 Å². The van der Waals surface area contributed by atoms with Crippen LogP contribution in [0.3, 0.4) is 0 Å². The summed E-state index contributed by atoms with van der Waals surface area (Å²) in [5, 5.41) is 11.4. The summed E-state index contributed by atoms with van der Waals surface area (Å²) in [5.41, 5.74) is -1.46. The van der Waals surface area contributed by atoms with Crippen LogP contribution < -0.4 is 9.47 Å². The number of halogens is 4. The van der Waals surface area contributed by atoms with E-state index in [0.29, 0.717) is 17.7 Å². The third-order valence-electron chi connectivity index (χ3n) is 4.97. The fraction of sp³-hybridized carbons (Fsp3) is 0.120. The summed E-state index contributed by atoms with van der Waals surface area (Å²) in [6.45, 7) is 1.83. The quantitative estimate of drug-likeness (QED) is 0.120. The zero-order valence-corrected chi connectivity index (χ0v) is 18.9. The van der Waals surface area contributed by atoms with Gasteiger partial charge in [0.15, 0.2) is 17.2 Å². The van der Waals surface area contributed by atoms with Gasteiger partial charge in [0.1, 0.15) is 5.82 Å². The van der Waals surface area contributed by atoms with Gasteiger partial charge in [-0.1, -0.05) is 12.1 Å². The molecular formula is C25H16F4N2O6. The van der Waals surface area contributed by atoms with Crippen LogP contribution >= 0.6 is 0 Å². The molecule has 8 nitrogen and oxygen atoms in total. The molecule has 1 aliphatic heterocycles. The summed E-state index contributed by atoms with van der Waals surface area (Å²) in [6, 6.07) is 11.6. The minimum atomic E-state index is -4.77. The third-order valence-corrected chi connectivity index (χ3v) is 4.97. The average Bonchev–Trinajstić information content (AvgIpc) is 3.20. The summed E-state index contributed by atoms with van der Waals surface area (Å²) in [7, 11) is 0. The second-order valence-corrected chi connectivity index (χ2v) is 7.53. The monoisotopic (exact) mass is 516 g/mol. The molecule has 1 aliphatic rings. The van der Waals surface area contributed by atoms with Crippen molar-refractivity contribution < 1.29 is 41.5 Å². The number of carbonyl (C=O) groups excluding carboxylic acids is 1. The lowest BCUT2D eigenvalue weighted by molar-refractivity contribution is -0.385. The molecule has 0 amide bonds. The predicted octanol–water partition coefficient (Wildman–Crippen LogP) is 6.29. The van der Waals surface area contributed by atoms with Crippen molar-refractivity contribution in [1.82, 2.24) is 0 Å². The molecule has 0 atom stereocenters. The number of benzene rings is 3. The first-order chi connectivity index (χ1) is 17.5. The Morgan fingerprint density at radius 2 is 1.81 bits per heavy atom. The second-order valence-electron chi connectivity index (χ2n) is 7.53. The van der Waals surface area contributed by atoms with Gasteiger partial charge in [0.25, 0.3) is 0 Å². The summed E-state index contributed by atoms with van der Waals surface area (Å²) in [6.07, 6.45) is -3.39. The van der Waals surface area contributed by atoms with Gasteiger partial charge in [-0.25, -0.2) is 14.2 Å². The molecule has 12 heteroatoms. The maximum absolute atomic E-state index is 13.5. The molecule has 37 heavy (non-hydrogen) atoms. The zero-order valence-electron chi connectivity index (χ0n) is 18.9. The largest absolute Gasteiger partial charge is 0.490 e. The van der Waals surface area contributed by atoms with E-state index in [2.05, 4.69) is 4.99 Å². The lowest BCUT2D eigenvalue weighted by Gasteiger charge is -2.13. The Labute approximate surface area is 206 Å². The molecule has 0 N–H and O–H groups in total. The Balaban J connectivity index is 1.66. The maximum atomic E-state index is 13.5. The highest BCUT2D eigenvalue weighted by Crippen LogP contribution is 2.40. The SMILES string of the molecule is CCOc1cc(/C=C2\N=C(c3cccc(F)c3)OC2=O)ccc1Oc1ccc(C(F)(F)F)cc1[N+](=O)[O-]. The Kier molecular flexibility index (Phi) is 6.92. The standard InChI is InChI=1S/C25H16F4N2O6/c1-2-35-22-11-14(10-18-24(32)37-23(30-18)15-4-3-5-17(26)12-15)6-8-21(22)36-20-9-7-16(25(27,28)29)13-19(20)31(33)34/h3-13H,2H2,1H3/b18-10-. The molecule has 0 saturated carbocycles. The molecule has 3 aromatic carbocycles. The van der Waals surface area contributed by atoms with E-state index in [0.717, 1.165) is 12.1 Å². The lowest BCUT2D eigenvalue weighted by Crippen LogP contribution is -2.06. The van der Waals surface area contributed by atoms with Crippen LogP contribution in [0.15, 0.2) is 71.4 Å². The van der Waals surface area contributed by atoms with Crippen molar-refractivity contribution in [3.63, 3.8) is 0 Å². The number of esters is 1. The minimum Gasteiger partial charge on any atom is -0.490 e. The van der Waals surface area contributed by atoms with Crippen molar-refractivity contribution in [3.05, 3.63) is 99.0 Å². The molecule has 0 bridgehead atoms. The van der Waals surface area contributed by atoms with Gasteiger partial charge in [-0.2, -0.15) is 13.2 Å². The van der Waals surface area contributed by atoms with Gasteiger partial charge >= 0.3 is 17.8 Å². The fourth-order valence-corrected chi connectivity index (χ4v) is 3.32. The molecule has 0 aliphatic carbocycles. The van der Waals surface area contributed by atoms with Gasteiger partial charge in [0.05, 0.1) is 17.1 Å². The van der Waals surface area contributed by atoms with Gasteiger partial charge in [-0.15, -0.1) is 0 Å². The van der Waals surface area contributed by atoms with Crippen LogP contribution in [0.25, 0.3) is 6.08 Å². The van der Waals surface area contributed by atoms with Crippen molar-refractivity contribution in [2.24, 2.45) is 4.99 Å². The molecular weight excluding hydrogens is 500 g/mol. The number of nitro groups is 1. The first kappa shape index (κ1) is 25.4. The number of hydrogen-bond donors (Lipinski definition) is 0. The molecule has 3 aromatic rings. The highest BCUT2D eigenvalue weighted by molar-refractivity contribution is 6.12. The number of rotatable bonds is 7. The van der Waals surface area contributed by atoms with E-state index in [4.69, 9.17) is 14.2 Å². The number of carbonyl (C=O) groups is 1. The van der Waals surface area contributed by atoms with E-state index in [1.165, 1.54) is 42.5 Å². The Morgan fingerprint density at radius 1 is 1.05 bits per heavy atom. The number of alkyl halides is 3. The molecule has 4 rings (SSSR count). The lowest BCUT2D eigenvalue weighted by atomic mass is 10.1.